The second-order valence-corrected chi connectivity index (χ2v) is 5.06. The molecule has 2 N–H and O–H groups in total. The molecule has 6 nitrogen and oxygen atoms in total. The van der Waals surface area contributed by atoms with Gasteiger partial charge in [0.05, 0.1) is 0 Å². The number of hydrogen-bond acceptors (Lipinski definition) is 4. The SMILES string of the molecule is Cc1oc(-c2ccccc2)nc1C(=O)NNC(=O)c1ccccc1. The van der Waals surface area contributed by atoms with E-state index in [0.717, 1.165) is 5.56 Å². The van der Waals surface area contributed by atoms with Crippen LogP contribution in [0.1, 0.15) is 26.6 Å². The van der Waals surface area contributed by atoms with Gasteiger partial charge in [-0.25, -0.2) is 4.98 Å². The minimum Gasteiger partial charge on any atom is -0.441 e. The van der Waals surface area contributed by atoms with Crippen molar-refractivity contribution in [2.75, 3.05) is 0 Å². The quantitative estimate of drug-likeness (QED) is 0.727. The lowest BCUT2D eigenvalue weighted by Gasteiger charge is -2.05. The van der Waals surface area contributed by atoms with Crippen molar-refractivity contribution in [3.05, 3.63) is 77.7 Å². The summed E-state index contributed by atoms with van der Waals surface area (Å²) in [7, 11) is 0. The summed E-state index contributed by atoms with van der Waals surface area (Å²) in [5.41, 5.74) is 6.04. The van der Waals surface area contributed by atoms with Gasteiger partial charge >= 0.3 is 0 Å². The molecular formula is C18H15N3O3. The minimum atomic E-state index is -0.539. The predicted molar refractivity (Wildman–Crippen MR) is 88.1 cm³/mol. The van der Waals surface area contributed by atoms with Crippen LogP contribution >= 0.6 is 0 Å². The number of aromatic nitrogens is 1. The van der Waals surface area contributed by atoms with Crippen molar-refractivity contribution >= 4 is 11.8 Å². The molecule has 1 heterocycles. The van der Waals surface area contributed by atoms with Crippen molar-refractivity contribution in [2.24, 2.45) is 0 Å². The van der Waals surface area contributed by atoms with Crippen LogP contribution in [0.3, 0.4) is 0 Å². The summed E-state index contributed by atoms with van der Waals surface area (Å²) in [6.07, 6.45) is 0. The number of carbonyl (C=O) groups excluding carboxylic acids is 2. The molecule has 24 heavy (non-hydrogen) atoms. The van der Waals surface area contributed by atoms with Gasteiger partial charge in [0.1, 0.15) is 5.76 Å². The van der Waals surface area contributed by atoms with Crippen LogP contribution in [-0.2, 0) is 0 Å². The molecule has 0 atom stereocenters. The highest BCUT2D eigenvalue weighted by Gasteiger charge is 2.18. The third-order valence-electron chi connectivity index (χ3n) is 3.36. The molecule has 120 valence electrons. The van der Waals surface area contributed by atoms with Crippen LogP contribution in [0.5, 0.6) is 0 Å². The Labute approximate surface area is 138 Å². The van der Waals surface area contributed by atoms with E-state index < -0.39 is 11.8 Å². The van der Waals surface area contributed by atoms with Crippen LogP contribution < -0.4 is 10.9 Å². The fourth-order valence-corrected chi connectivity index (χ4v) is 2.15. The Morgan fingerprint density at radius 3 is 2.12 bits per heavy atom. The van der Waals surface area contributed by atoms with Crippen molar-refractivity contribution in [3.8, 4) is 11.5 Å². The standard InChI is InChI=1S/C18H15N3O3/c1-12-15(19-18(24-12)14-10-6-3-7-11-14)17(23)21-20-16(22)13-8-4-2-5-9-13/h2-11H,1H3,(H,20,22)(H,21,23). The van der Waals surface area contributed by atoms with E-state index in [4.69, 9.17) is 4.42 Å². The summed E-state index contributed by atoms with van der Waals surface area (Å²) in [6.45, 7) is 1.65. The number of nitrogens with zero attached hydrogens (tertiary/aromatic N) is 1. The molecule has 0 saturated heterocycles. The Kier molecular flexibility index (Phi) is 4.38. The van der Waals surface area contributed by atoms with E-state index in [9.17, 15) is 9.59 Å². The van der Waals surface area contributed by atoms with Gasteiger partial charge < -0.3 is 4.42 Å². The second kappa shape index (κ2) is 6.78. The Morgan fingerprint density at radius 2 is 1.46 bits per heavy atom. The average molecular weight is 321 g/mol. The van der Waals surface area contributed by atoms with E-state index in [1.807, 2.05) is 30.3 Å². The summed E-state index contributed by atoms with van der Waals surface area (Å²) >= 11 is 0. The zero-order valence-electron chi connectivity index (χ0n) is 12.9. The number of hydrogen-bond donors (Lipinski definition) is 2. The van der Waals surface area contributed by atoms with E-state index in [2.05, 4.69) is 15.8 Å². The molecule has 3 aromatic rings. The van der Waals surface area contributed by atoms with Crippen LogP contribution in [0.2, 0.25) is 0 Å². The highest BCUT2D eigenvalue weighted by atomic mass is 16.4. The lowest BCUT2D eigenvalue weighted by atomic mass is 10.2. The minimum absolute atomic E-state index is 0.127. The molecule has 1 aromatic heterocycles. The van der Waals surface area contributed by atoms with Crippen LogP contribution in [-0.4, -0.2) is 16.8 Å². The first-order valence-corrected chi connectivity index (χ1v) is 7.34. The van der Waals surface area contributed by atoms with E-state index >= 15 is 0 Å². The first kappa shape index (κ1) is 15.5. The molecule has 0 spiro atoms. The highest BCUT2D eigenvalue weighted by Crippen LogP contribution is 2.21. The van der Waals surface area contributed by atoms with E-state index in [1.54, 1.807) is 37.3 Å². The Morgan fingerprint density at radius 1 is 0.875 bits per heavy atom. The van der Waals surface area contributed by atoms with Crippen molar-refractivity contribution < 1.29 is 14.0 Å². The Hall–Kier alpha value is -3.41. The second-order valence-electron chi connectivity index (χ2n) is 5.06. The molecule has 0 unspecified atom stereocenters. The van der Waals surface area contributed by atoms with Gasteiger partial charge in [-0.3, -0.25) is 20.4 Å². The number of amides is 2. The van der Waals surface area contributed by atoms with Crippen molar-refractivity contribution in [2.45, 2.75) is 6.92 Å². The van der Waals surface area contributed by atoms with Crippen LogP contribution in [0.15, 0.2) is 65.1 Å². The first-order valence-electron chi connectivity index (χ1n) is 7.34. The van der Waals surface area contributed by atoms with E-state index in [1.165, 1.54) is 0 Å². The third kappa shape index (κ3) is 3.33. The average Bonchev–Trinajstić information content (AvgIpc) is 3.03. The van der Waals surface area contributed by atoms with Crippen LogP contribution in [0.25, 0.3) is 11.5 Å². The van der Waals surface area contributed by atoms with Gasteiger partial charge in [-0.2, -0.15) is 0 Å². The normalized spacial score (nSPS) is 10.2. The zero-order valence-corrected chi connectivity index (χ0v) is 12.9. The van der Waals surface area contributed by atoms with Crippen molar-refractivity contribution in [3.63, 3.8) is 0 Å². The monoisotopic (exact) mass is 321 g/mol. The summed E-state index contributed by atoms with van der Waals surface area (Å²) in [4.78, 5) is 28.3. The molecule has 0 aliphatic carbocycles. The number of aryl methyl sites for hydroxylation is 1. The predicted octanol–water partition coefficient (Wildman–Crippen LogP) is 2.72. The lowest BCUT2D eigenvalue weighted by molar-refractivity contribution is 0.0843. The molecule has 2 aromatic carbocycles. The summed E-state index contributed by atoms with van der Waals surface area (Å²) < 4.78 is 5.53. The van der Waals surface area contributed by atoms with Gasteiger partial charge in [0, 0.05) is 11.1 Å². The third-order valence-corrected chi connectivity index (χ3v) is 3.36. The number of benzene rings is 2. The molecule has 0 radical (unpaired) electrons. The molecular weight excluding hydrogens is 306 g/mol. The summed E-state index contributed by atoms with van der Waals surface area (Å²) in [5, 5.41) is 0. The maximum atomic E-state index is 12.2. The van der Waals surface area contributed by atoms with E-state index in [-0.39, 0.29) is 5.69 Å². The summed E-state index contributed by atoms with van der Waals surface area (Å²) in [5.74, 6) is -0.218. The Bertz CT molecular complexity index is 858. The highest BCUT2D eigenvalue weighted by molar-refractivity contribution is 5.98. The Balaban J connectivity index is 1.70. The fourth-order valence-electron chi connectivity index (χ4n) is 2.15. The molecule has 0 fully saturated rings. The molecule has 6 heteroatoms. The number of carbonyl (C=O) groups is 2. The first-order chi connectivity index (χ1) is 11.6. The number of nitrogens with one attached hydrogen (secondary N) is 2. The van der Waals surface area contributed by atoms with Crippen molar-refractivity contribution in [1.82, 2.24) is 15.8 Å². The molecule has 3 rings (SSSR count). The maximum absolute atomic E-state index is 12.2. The lowest BCUT2D eigenvalue weighted by Crippen LogP contribution is -2.42. The number of hydrazine groups is 1. The van der Waals surface area contributed by atoms with Gasteiger partial charge in [0.2, 0.25) is 5.89 Å². The zero-order chi connectivity index (χ0) is 16.9. The molecule has 0 aliphatic heterocycles. The smallest absolute Gasteiger partial charge is 0.291 e. The van der Waals surface area contributed by atoms with Gasteiger partial charge in [0.15, 0.2) is 5.69 Å². The maximum Gasteiger partial charge on any atom is 0.291 e. The largest absolute Gasteiger partial charge is 0.441 e. The number of oxazole rings is 1. The topological polar surface area (TPSA) is 84.2 Å². The number of rotatable bonds is 3. The van der Waals surface area contributed by atoms with Gasteiger partial charge in [-0.05, 0) is 31.2 Å². The van der Waals surface area contributed by atoms with Crippen LogP contribution in [0.4, 0.5) is 0 Å². The molecule has 0 bridgehead atoms. The van der Waals surface area contributed by atoms with E-state index in [0.29, 0.717) is 17.2 Å². The van der Waals surface area contributed by atoms with Gasteiger partial charge in [0.25, 0.3) is 11.8 Å². The van der Waals surface area contributed by atoms with Crippen molar-refractivity contribution in [1.29, 1.82) is 0 Å². The summed E-state index contributed by atoms with van der Waals surface area (Å²) in [6, 6.07) is 17.9. The molecule has 0 aliphatic rings. The molecule has 2 amide bonds. The van der Waals surface area contributed by atoms with Gasteiger partial charge in [-0.1, -0.05) is 36.4 Å². The molecule has 0 saturated carbocycles. The van der Waals surface area contributed by atoms with Crippen LogP contribution in [0, 0.1) is 6.92 Å². The fraction of sp³-hybridized carbons (Fsp3) is 0.0556. The van der Waals surface area contributed by atoms with Gasteiger partial charge in [-0.15, -0.1) is 0 Å².